The maximum absolute atomic E-state index is 13.3. The van der Waals surface area contributed by atoms with Crippen LogP contribution in [0.15, 0.2) is 114 Å². The summed E-state index contributed by atoms with van der Waals surface area (Å²) in [6.45, 7) is -0.336. The fourth-order valence-corrected chi connectivity index (χ4v) is 4.93. The molecule has 0 bridgehead atoms. The summed E-state index contributed by atoms with van der Waals surface area (Å²) < 4.78 is 5.62. The molecule has 4 aromatic rings. The summed E-state index contributed by atoms with van der Waals surface area (Å²) in [5.74, 6) is -0.283. The lowest BCUT2D eigenvalue weighted by Crippen LogP contribution is -2.44. The van der Waals surface area contributed by atoms with E-state index in [1.807, 2.05) is 30.3 Å². The lowest BCUT2D eigenvalue weighted by atomic mass is 10.1. The topological polar surface area (TPSA) is 166 Å². The first-order valence-corrected chi connectivity index (χ1v) is 14.4. The number of nitrogens with one attached hydrogen (secondary N) is 2. The number of ether oxygens (including phenoxy) is 1. The van der Waals surface area contributed by atoms with Crippen molar-refractivity contribution in [2.45, 2.75) is 11.8 Å². The second kappa shape index (κ2) is 15.6. The standard InChI is InChI=1S/C31H27N5O7S/c37-30(24-14-8-3-9-15-24)32-28(21-44-20-22-10-4-1-5-11-22)31(38)43-19-27(23-12-6-2-7-13-23)34-33-26-17-16-25(35(39)40)18-29(26)36(41)42/h1-18,28,33H,19-21H2,(H,32,37)/b34-27+/t28-/m0/s1. The van der Waals surface area contributed by atoms with Crippen LogP contribution in [0.3, 0.4) is 0 Å². The smallest absolute Gasteiger partial charge is 0.329 e. The third kappa shape index (κ3) is 8.97. The Morgan fingerprint density at radius 3 is 2.05 bits per heavy atom. The molecular formula is C31H27N5O7S. The maximum Gasteiger partial charge on any atom is 0.329 e. The maximum atomic E-state index is 13.3. The van der Waals surface area contributed by atoms with Crippen molar-refractivity contribution in [3.05, 3.63) is 146 Å². The molecule has 0 unspecified atom stereocenters. The third-order valence-corrected chi connectivity index (χ3v) is 7.29. The Bertz CT molecular complexity index is 1640. The number of thioether (sulfide) groups is 1. The Balaban J connectivity index is 1.52. The molecule has 0 heterocycles. The van der Waals surface area contributed by atoms with Gasteiger partial charge in [0.25, 0.3) is 11.6 Å². The Kier molecular flexibility index (Phi) is 11.1. The fourth-order valence-electron chi connectivity index (χ4n) is 3.93. The zero-order chi connectivity index (χ0) is 31.3. The Labute approximate surface area is 256 Å². The minimum absolute atomic E-state index is 0.0920. The average molecular weight is 614 g/mol. The highest BCUT2D eigenvalue weighted by Gasteiger charge is 2.24. The second-order valence-corrected chi connectivity index (χ2v) is 10.3. The molecule has 0 aliphatic rings. The molecule has 4 rings (SSSR count). The summed E-state index contributed by atoms with van der Waals surface area (Å²) in [5.41, 5.74) is 3.71. The monoisotopic (exact) mass is 613 g/mol. The quantitative estimate of drug-likeness (QED) is 0.0797. The molecule has 0 radical (unpaired) electrons. The summed E-state index contributed by atoms with van der Waals surface area (Å²) in [5, 5.41) is 29.6. The Morgan fingerprint density at radius 1 is 0.818 bits per heavy atom. The first-order chi connectivity index (χ1) is 21.3. The molecule has 0 saturated carbocycles. The number of benzene rings is 4. The minimum atomic E-state index is -0.989. The highest BCUT2D eigenvalue weighted by molar-refractivity contribution is 7.98. The molecule has 0 saturated heterocycles. The van der Waals surface area contributed by atoms with E-state index < -0.39 is 39.1 Å². The molecule has 1 amide bonds. The lowest BCUT2D eigenvalue weighted by Gasteiger charge is -2.18. The summed E-state index contributed by atoms with van der Waals surface area (Å²) >= 11 is 1.46. The lowest BCUT2D eigenvalue weighted by molar-refractivity contribution is -0.393. The molecule has 224 valence electrons. The van der Waals surface area contributed by atoms with Crippen molar-refractivity contribution in [3.63, 3.8) is 0 Å². The Morgan fingerprint density at radius 2 is 1.43 bits per heavy atom. The zero-order valence-corrected chi connectivity index (χ0v) is 24.0. The van der Waals surface area contributed by atoms with Gasteiger partial charge < -0.3 is 10.1 Å². The normalized spacial score (nSPS) is 11.7. The molecule has 0 aromatic heterocycles. The number of rotatable bonds is 14. The Hall–Kier alpha value is -5.56. The predicted octanol–water partition coefficient (Wildman–Crippen LogP) is 5.59. The molecule has 0 aliphatic carbocycles. The number of hydrogen-bond donors (Lipinski definition) is 2. The predicted molar refractivity (Wildman–Crippen MR) is 168 cm³/mol. The van der Waals surface area contributed by atoms with Gasteiger partial charge in [0.15, 0.2) is 0 Å². The van der Waals surface area contributed by atoms with Crippen molar-refractivity contribution in [2.75, 3.05) is 17.8 Å². The summed E-state index contributed by atoms with van der Waals surface area (Å²) in [4.78, 5) is 47.4. The number of carbonyl (C=O) groups is 2. The van der Waals surface area contributed by atoms with Crippen LogP contribution in [0.5, 0.6) is 0 Å². The molecular weight excluding hydrogens is 586 g/mol. The van der Waals surface area contributed by atoms with Crippen molar-refractivity contribution in [2.24, 2.45) is 5.10 Å². The number of anilines is 1. The number of hydrogen-bond acceptors (Lipinski definition) is 10. The van der Waals surface area contributed by atoms with Crippen LogP contribution in [-0.2, 0) is 15.3 Å². The van der Waals surface area contributed by atoms with Gasteiger partial charge in [-0.3, -0.25) is 30.4 Å². The minimum Gasteiger partial charge on any atom is -0.458 e. The molecule has 0 aliphatic heterocycles. The first kappa shape index (κ1) is 31.4. The van der Waals surface area contributed by atoms with Crippen LogP contribution in [0.1, 0.15) is 21.5 Å². The molecule has 0 spiro atoms. The fraction of sp³-hybridized carbons (Fsp3) is 0.129. The SMILES string of the molecule is O=C(N[C@@H](CSCc1ccccc1)C(=O)OC/C(=N\Nc1ccc([N+](=O)[O-])cc1[N+](=O)[O-])c1ccccc1)c1ccccc1. The highest BCUT2D eigenvalue weighted by atomic mass is 32.2. The van der Waals surface area contributed by atoms with Crippen molar-refractivity contribution in [1.29, 1.82) is 0 Å². The van der Waals surface area contributed by atoms with Gasteiger partial charge >= 0.3 is 11.7 Å². The number of esters is 1. The van der Waals surface area contributed by atoms with E-state index in [0.717, 1.165) is 17.7 Å². The van der Waals surface area contributed by atoms with Crippen LogP contribution in [0.2, 0.25) is 0 Å². The number of nitro benzene ring substituents is 2. The van der Waals surface area contributed by atoms with E-state index in [-0.39, 0.29) is 23.8 Å². The van der Waals surface area contributed by atoms with Gasteiger partial charge in [0.1, 0.15) is 24.0 Å². The van der Waals surface area contributed by atoms with Crippen molar-refractivity contribution in [1.82, 2.24) is 5.32 Å². The van der Waals surface area contributed by atoms with E-state index in [1.165, 1.54) is 17.8 Å². The third-order valence-electron chi connectivity index (χ3n) is 6.18. The molecule has 0 fully saturated rings. The first-order valence-electron chi connectivity index (χ1n) is 13.3. The van der Waals surface area contributed by atoms with Gasteiger partial charge in [0.2, 0.25) is 0 Å². The zero-order valence-electron chi connectivity index (χ0n) is 23.2. The van der Waals surface area contributed by atoms with E-state index in [9.17, 15) is 29.8 Å². The van der Waals surface area contributed by atoms with Crippen LogP contribution in [0.25, 0.3) is 0 Å². The van der Waals surface area contributed by atoms with Crippen LogP contribution < -0.4 is 10.7 Å². The van der Waals surface area contributed by atoms with E-state index in [0.29, 0.717) is 16.9 Å². The van der Waals surface area contributed by atoms with Crippen LogP contribution in [-0.4, -0.2) is 45.8 Å². The average Bonchev–Trinajstić information content (AvgIpc) is 3.05. The number of carbonyl (C=O) groups excluding carboxylic acids is 2. The van der Waals surface area contributed by atoms with Crippen LogP contribution in [0.4, 0.5) is 17.1 Å². The number of amides is 1. The van der Waals surface area contributed by atoms with Gasteiger partial charge in [-0.1, -0.05) is 78.9 Å². The van der Waals surface area contributed by atoms with Gasteiger partial charge in [-0.05, 0) is 23.8 Å². The van der Waals surface area contributed by atoms with Crippen molar-refractivity contribution < 1.29 is 24.2 Å². The molecule has 1 atom stereocenters. The number of nitro groups is 2. The molecule has 44 heavy (non-hydrogen) atoms. The van der Waals surface area contributed by atoms with E-state index >= 15 is 0 Å². The summed E-state index contributed by atoms with van der Waals surface area (Å²) in [6.07, 6.45) is 0. The van der Waals surface area contributed by atoms with Gasteiger partial charge in [-0.2, -0.15) is 16.9 Å². The van der Waals surface area contributed by atoms with E-state index in [2.05, 4.69) is 15.8 Å². The van der Waals surface area contributed by atoms with Gasteiger partial charge in [-0.25, -0.2) is 4.79 Å². The van der Waals surface area contributed by atoms with Gasteiger partial charge in [-0.15, -0.1) is 0 Å². The van der Waals surface area contributed by atoms with Gasteiger partial charge in [0.05, 0.1) is 15.9 Å². The number of hydrazone groups is 1. The molecule has 2 N–H and O–H groups in total. The van der Waals surface area contributed by atoms with E-state index in [4.69, 9.17) is 4.74 Å². The summed E-state index contributed by atoms with van der Waals surface area (Å²) in [7, 11) is 0. The molecule has 4 aromatic carbocycles. The van der Waals surface area contributed by atoms with Crippen LogP contribution in [0, 0.1) is 20.2 Å². The van der Waals surface area contributed by atoms with E-state index in [1.54, 1.807) is 60.7 Å². The van der Waals surface area contributed by atoms with Gasteiger partial charge in [0, 0.05) is 28.7 Å². The summed E-state index contributed by atoms with van der Waals surface area (Å²) in [6, 6.07) is 29.0. The van der Waals surface area contributed by atoms with Crippen LogP contribution >= 0.6 is 11.8 Å². The number of nitrogens with zero attached hydrogens (tertiary/aromatic N) is 3. The van der Waals surface area contributed by atoms with Crippen molar-refractivity contribution in [3.8, 4) is 0 Å². The molecule has 13 heteroatoms. The second-order valence-electron chi connectivity index (χ2n) is 9.25. The highest BCUT2D eigenvalue weighted by Crippen LogP contribution is 2.29. The number of non-ortho nitro benzene ring substituents is 1. The molecule has 12 nitrogen and oxygen atoms in total. The van der Waals surface area contributed by atoms with Crippen molar-refractivity contribution >= 4 is 46.4 Å². The largest absolute Gasteiger partial charge is 0.458 e.